The fraction of sp³-hybridized carbons (Fsp3) is 0.667. The predicted molar refractivity (Wildman–Crippen MR) is 105 cm³/mol. The van der Waals surface area contributed by atoms with E-state index in [9.17, 15) is 4.79 Å². The summed E-state index contributed by atoms with van der Waals surface area (Å²) in [5, 5.41) is 3.06. The molecule has 1 fully saturated rings. The van der Waals surface area contributed by atoms with Gasteiger partial charge in [0.15, 0.2) is 11.5 Å². The van der Waals surface area contributed by atoms with Gasteiger partial charge in [-0.15, -0.1) is 0 Å². The molecule has 0 saturated carbocycles. The fourth-order valence-electron chi connectivity index (χ4n) is 3.27. The molecule has 2 rings (SSSR count). The number of benzene rings is 1. The second-order valence-corrected chi connectivity index (χ2v) is 7.12. The fourth-order valence-corrected chi connectivity index (χ4v) is 3.27. The zero-order valence-electron chi connectivity index (χ0n) is 16.6. The Hall–Kier alpha value is -1.75. The quantitative estimate of drug-likeness (QED) is 0.689. The Morgan fingerprint density at radius 2 is 1.92 bits per heavy atom. The highest BCUT2D eigenvalue weighted by Gasteiger charge is 2.15. The Bertz CT molecular complexity index is 556. The van der Waals surface area contributed by atoms with Crippen LogP contribution in [0.1, 0.15) is 56.8 Å². The third kappa shape index (κ3) is 6.52. The number of hydrogen-bond donors (Lipinski definition) is 1. The van der Waals surface area contributed by atoms with Crippen LogP contribution in [-0.2, 0) is 0 Å². The van der Waals surface area contributed by atoms with E-state index in [0.29, 0.717) is 42.7 Å². The van der Waals surface area contributed by atoms with E-state index in [1.165, 1.54) is 32.4 Å². The van der Waals surface area contributed by atoms with Crippen molar-refractivity contribution >= 4 is 5.91 Å². The highest BCUT2D eigenvalue weighted by molar-refractivity contribution is 5.94. The van der Waals surface area contributed by atoms with Crippen molar-refractivity contribution in [1.29, 1.82) is 0 Å². The van der Waals surface area contributed by atoms with Crippen LogP contribution in [0.5, 0.6) is 11.5 Å². The minimum Gasteiger partial charge on any atom is -0.490 e. The summed E-state index contributed by atoms with van der Waals surface area (Å²) < 4.78 is 11.3. The number of carbonyl (C=O) groups is 1. The first-order valence-electron chi connectivity index (χ1n) is 10.0. The zero-order valence-corrected chi connectivity index (χ0v) is 16.6. The van der Waals surface area contributed by atoms with E-state index in [-0.39, 0.29) is 5.91 Å². The first-order valence-corrected chi connectivity index (χ1v) is 10.0. The summed E-state index contributed by atoms with van der Waals surface area (Å²) in [4.78, 5) is 15.0. The Balaban J connectivity index is 1.88. The number of amides is 1. The van der Waals surface area contributed by atoms with Crippen molar-refractivity contribution in [3.8, 4) is 11.5 Å². The van der Waals surface area contributed by atoms with Crippen molar-refractivity contribution in [2.45, 2.75) is 46.5 Å². The number of nitrogens with one attached hydrogen (secondary N) is 1. The summed E-state index contributed by atoms with van der Waals surface area (Å²) in [6.45, 7) is 11.5. The number of ether oxygens (including phenoxy) is 2. The third-order valence-corrected chi connectivity index (χ3v) is 4.60. The molecule has 5 nitrogen and oxygen atoms in total. The first kappa shape index (κ1) is 20.6. The minimum atomic E-state index is -0.0570. The van der Waals surface area contributed by atoms with Crippen LogP contribution in [0.3, 0.4) is 0 Å². The van der Waals surface area contributed by atoms with Crippen LogP contribution in [0.25, 0.3) is 0 Å². The van der Waals surface area contributed by atoms with Gasteiger partial charge >= 0.3 is 0 Å². The number of hydrogen-bond acceptors (Lipinski definition) is 4. The first-order chi connectivity index (χ1) is 12.6. The van der Waals surface area contributed by atoms with E-state index in [1.807, 2.05) is 13.0 Å². The molecule has 0 spiro atoms. The summed E-state index contributed by atoms with van der Waals surface area (Å²) >= 11 is 0. The van der Waals surface area contributed by atoms with Crippen LogP contribution < -0.4 is 14.8 Å². The molecular weight excluding hydrogens is 328 g/mol. The maximum Gasteiger partial charge on any atom is 0.251 e. The highest BCUT2D eigenvalue weighted by atomic mass is 16.5. The second kappa shape index (κ2) is 11.1. The van der Waals surface area contributed by atoms with Gasteiger partial charge in [-0.1, -0.05) is 20.3 Å². The molecule has 0 radical (unpaired) electrons. The Labute approximate surface area is 158 Å². The topological polar surface area (TPSA) is 50.8 Å². The van der Waals surface area contributed by atoms with Crippen molar-refractivity contribution in [3.63, 3.8) is 0 Å². The summed E-state index contributed by atoms with van der Waals surface area (Å²) in [5.74, 6) is 1.72. The molecule has 1 aliphatic rings. The molecule has 1 amide bonds. The number of rotatable bonds is 10. The Morgan fingerprint density at radius 3 is 2.62 bits per heavy atom. The number of carbonyl (C=O) groups excluding carboxylic acids is 1. The highest BCUT2D eigenvalue weighted by Crippen LogP contribution is 2.28. The molecule has 1 saturated heterocycles. The molecule has 1 aromatic carbocycles. The SMILES string of the molecule is CCCOc1ccc(C(=O)NCC(C)CN2CCCCC2)cc1OCC. The van der Waals surface area contributed by atoms with E-state index in [1.54, 1.807) is 12.1 Å². The van der Waals surface area contributed by atoms with E-state index < -0.39 is 0 Å². The lowest BCUT2D eigenvalue weighted by Gasteiger charge is -2.29. The van der Waals surface area contributed by atoms with Gasteiger partial charge in [0.1, 0.15) is 0 Å². The van der Waals surface area contributed by atoms with Crippen molar-refractivity contribution < 1.29 is 14.3 Å². The maximum atomic E-state index is 12.5. The van der Waals surface area contributed by atoms with Crippen molar-refractivity contribution in [2.24, 2.45) is 5.92 Å². The standard InChI is InChI=1S/C21H34N2O3/c1-4-13-26-19-10-9-18(14-20(19)25-5-2)21(24)22-15-17(3)16-23-11-7-6-8-12-23/h9-10,14,17H,4-8,11-13,15-16H2,1-3H3,(H,22,24). The molecule has 0 aromatic heterocycles. The largest absolute Gasteiger partial charge is 0.490 e. The van der Waals surface area contributed by atoms with Crippen LogP contribution >= 0.6 is 0 Å². The normalized spacial score (nSPS) is 16.1. The summed E-state index contributed by atoms with van der Waals surface area (Å²) in [6, 6.07) is 5.41. The van der Waals surface area contributed by atoms with Gasteiger partial charge in [0.2, 0.25) is 0 Å². The summed E-state index contributed by atoms with van der Waals surface area (Å²) in [5.41, 5.74) is 0.613. The molecule has 5 heteroatoms. The van der Waals surface area contributed by atoms with Crippen molar-refractivity contribution in [2.75, 3.05) is 39.4 Å². The number of likely N-dealkylation sites (tertiary alicyclic amines) is 1. The van der Waals surface area contributed by atoms with Crippen molar-refractivity contribution in [3.05, 3.63) is 23.8 Å². The summed E-state index contributed by atoms with van der Waals surface area (Å²) in [7, 11) is 0. The Morgan fingerprint density at radius 1 is 1.15 bits per heavy atom. The molecule has 146 valence electrons. The van der Waals surface area contributed by atoms with Crippen molar-refractivity contribution in [1.82, 2.24) is 10.2 Å². The lowest BCUT2D eigenvalue weighted by atomic mass is 10.1. The Kier molecular flexibility index (Phi) is 8.75. The number of piperidine rings is 1. The molecular formula is C21H34N2O3. The van der Waals surface area contributed by atoms with Gasteiger partial charge in [0.05, 0.1) is 13.2 Å². The molecule has 26 heavy (non-hydrogen) atoms. The molecule has 1 aromatic rings. The molecule has 0 bridgehead atoms. The van der Waals surface area contributed by atoms with E-state index in [0.717, 1.165) is 13.0 Å². The van der Waals surface area contributed by atoms with Crippen LogP contribution in [0, 0.1) is 5.92 Å². The molecule has 1 atom stereocenters. The second-order valence-electron chi connectivity index (χ2n) is 7.12. The lowest BCUT2D eigenvalue weighted by molar-refractivity contribution is 0.0942. The van der Waals surface area contributed by atoms with Gasteiger partial charge in [-0.05, 0) is 63.4 Å². The van der Waals surface area contributed by atoms with Gasteiger partial charge in [0, 0.05) is 18.7 Å². The van der Waals surface area contributed by atoms with E-state index >= 15 is 0 Å². The summed E-state index contributed by atoms with van der Waals surface area (Å²) in [6.07, 6.45) is 4.88. The van der Waals surface area contributed by atoms with Crippen LogP contribution in [-0.4, -0.2) is 50.2 Å². The maximum absolute atomic E-state index is 12.5. The monoisotopic (exact) mass is 362 g/mol. The van der Waals surface area contributed by atoms with Crippen LogP contribution in [0.4, 0.5) is 0 Å². The molecule has 1 aliphatic heterocycles. The molecule has 1 N–H and O–H groups in total. The van der Waals surface area contributed by atoms with Crippen LogP contribution in [0.2, 0.25) is 0 Å². The van der Waals surface area contributed by atoms with E-state index in [4.69, 9.17) is 9.47 Å². The van der Waals surface area contributed by atoms with Crippen LogP contribution in [0.15, 0.2) is 18.2 Å². The average molecular weight is 363 g/mol. The van der Waals surface area contributed by atoms with Gasteiger partial charge in [0.25, 0.3) is 5.91 Å². The number of nitrogens with zero attached hydrogens (tertiary/aromatic N) is 1. The molecule has 1 unspecified atom stereocenters. The molecule has 0 aliphatic carbocycles. The van der Waals surface area contributed by atoms with Gasteiger partial charge in [-0.25, -0.2) is 0 Å². The average Bonchev–Trinajstić information content (AvgIpc) is 2.66. The molecule has 1 heterocycles. The minimum absolute atomic E-state index is 0.0570. The lowest BCUT2D eigenvalue weighted by Crippen LogP contribution is -2.38. The van der Waals surface area contributed by atoms with Gasteiger partial charge in [-0.3, -0.25) is 4.79 Å². The van der Waals surface area contributed by atoms with Gasteiger partial charge < -0.3 is 19.7 Å². The van der Waals surface area contributed by atoms with E-state index in [2.05, 4.69) is 24.1 Å². The van der Waals surface area contributed by atoms with Gasteiger partial charge in [-0.2, -0.15) is 0 Å². The smallest absolute Gasteiger partial charge is 0.251 e. The third-order valence-electron chi connectivity index (χ3n) is 4.60. The zero-order chi connectivity index (χ0) is 18.8. The predicted octanol–water partition coefficient (Wildman–Crippen LogP) is 3.73.